The Morgan fingerprint density at radius 1 is 1.04 bits per heavy atom. The number of piperidine rings is 1. The van der Waals surface area contributed by atoms with E-state index in [9.17, 15) is 4.79 Å². The number of fused-ring (bicyclic) bond motifs is 1. The van der Waals surface area contributed by atoms with Gasteiger partial charge in [-0.1, -0.05) is 41.9 Å². The van der Waals surface area contributed by atoms with E-state index in [1.165, 1.54) is 16.5 Å². The molecule has 0 bridgehead atoms. The largest absolute Gasteiger partial charge is 0.361 e. The predicted molar refractivity (Wildman–Crippen MR) is 97.6 cm³/mol. The molecule has 3 aromatic rings. The summed E-state index contributed by atoms with van der Waals surface area (Å²) in [6.45, 7) is 1.54. The van der Waals surface area contributed by atoms with Gasteiger partial charge in [-0.3, -0.25) is 4.79 Å². The lowest BCUT2D eigenvalue weighted by molar-refractivity contribution is 0.0713. The number of hydrogen-bond donors (Lipinski definition) is 1. The molecule has 1 saturated heterocycles. The summed E-state index contributed by atoms with van der Waals surface area (Å²) in [5.41, 5.74) is 3.15. The Morgan fingerprint density at radius 3 is 2.54 bits per heavy atom. The average molecular weight is 339 g/mol. The van der Waals surface area contributed by atoms with Crippen LogP contribution in [0.15, 0.2) is 54.7 Å². The van der Waals surface area contributed by atoms with Crippen molar-refractivity contribution in [3.8, 4) is 0 Å². The van der Waals surface area contributed by atoms with Gasteiger partial charge in [0.2, 0.25) is 0 Å². The second-order valence-corrected chi connectivity index (χ2v) is 6.74. The molecule has 0 saturated carbocycles. The van der Waals surface area contributed by atoms with Gasteiger partial charge in [0.15, 0.2) is 0 Å². The number of nitrogens with zero attached hydrogens (tertiary/aromatic N) is 1. The summed E-state index contributed by atoms with van der Waals surface area (Å²) in [4.78, 5) is 17.9. The molecule has 24 heavy (non-hydrogen) atoms. The third kappa shape index (κ3) is 2.69. The molecule has 0 radical (unpaired) electrons. The van der Waals surface area contributed by atoms with Gasteiger partial charge in [0.05, 0.1) is 10.6 Å². The molecule has 122 valence electrons. The van der Waals surface area contributed by atoms with E-state index >= 15 is 0 Å². The molecule has 0 atom stereocenters. The van der Waals surface area contributed by atoms with Crippen molar-refractivity contribution in [1.29, 1.82) is 0 Å². The van der Waals surface area contributed by atoms with Crippen LogP contribution in [0.4, 0.5) is 0 Å². The molecule has 1 aromatic heterocycles. The number of rotatable bonds is 2. The van der Waals surface area contributed by atoms with Crippen molar-refractivity contribution in [3.05, 3.63) is 70.9 Å². The standard InChI is InChI=1S/C20H19ClN2O/c21-18-7-3-1-6-16(18)20(24)23-11-9-14(10-12-23)17-13-22-19-8-4-2-5-15(17)19/h1-8,13-14,22H,9-12H2. The topological polar surface area (TPSA) is 36.1 Å². The van der Waals surface area contributed by atoms with Gasteiger partial charge in [0.25, 0.3) is 5.91 Å². The van der Waals surface area contributed by atoms with Crippen molar-refractivity contribution in [2.75, 3.05) is 13.1 Å². The van der Waals surface area contributed by atoms with Crippen molar-refractivity contribution in [3.63, 3.8) is 0 Å². The average Bonchev–Trinajstić information content (AvgIpc) is 3.06. The highest BCUT2D eigenvalue weighted by Gasteiger charge is 2.26. The Balaban J connectivity index is 1.49. The number of hydrogen-bond acceptors (Lipinski definition) is 1. The number of amides is 1. The molecule has 1 aliphatic heterocycles. The van der Waals surface area contributed by atoms with E-state index in [0.29, 0.717) is 16.5 Å². The zero-order valence-electron chi connectivity index (χ0n) is 13.3. The van der Waals surface area contributed by atoms with Crippen LogP contribution in [0.1, 0.15) is 34.7 Å². The molecule has 0 spiro atoms. The minimum absolute atomic E-state index is 0.0398. The molecule has 4 rings (SSSR count). The van der Waals surface area contributed by atoms with Crippen molar-refractivity contribution in [2.45, 2.75) is 18.8 Å². The second kappa shape index (κ2) is 6.33. The SMILES string of the molecule is O=C(c1ccccc1Cl)N1CCC(c2c[nH]c3ccccc23)CC1. The van der Waals surface area contributed by atoms with E-state index < -0.39 is 0 Å². The number of carbonyl (C=O) groups excluding carboxylic acids is 1. The number of para-hydroxylation sites is 1. The molecule has 1 aliphatic rings. The molecule has 1 fully saturated rings. The number of nitrogens with one attached hydrogen (secondary N) is 1. The summed E-state index contributed by atoms with van der Waals surface area (Å²) in [6, 6.07) is 15.7. The van der Waals surface area contributed by atoms with Crippen LogP contribution >= 0.6 is 11.6 Å². The van der Waals surface area contributed by atoms with E-state index in [4.69, 9.17) is 11.6 Å². The fourth-order valence-corrected chi connectivity index (χ4v) is 3.85. The maximum absolute atomic E-state index is 12.7. The first-order valence-electron chi connectivity index (χ1n) is 8.34. The van der Waals surface area contributed by atoms with E-state index in [2.05, 4.69) is 29.4 Å². The summed E-state index contributed by atoms with van der Waals surface area (Å²) in [7, 11) is 0. The van der Waals surface area contributed by atoms with Crippen molar-refractivity contribution in [2.24, 2.45) is 0 Å². The number of benzene rings is 2. The Bertz CT molecular complexity index is 878. The van der Waals surface area contributed by atoms with Crippen molar-refractivity contribution >= 4 is 28.4 Å². The summed E-state index contributed by atoms with van der Waals surface area (Å²) in [5, 5.41) is 1.83. The minimum Gasteiger partial charge on any atom is -0.361 e. The summed E-state index contributed by atoms with van der Waals surface area (Å²) in [5.74, 6) is 0.537. The molecule has 2 heterocycles. The number of H-pyrrole nitrogens is 1. The number of carbonyl (C=O) groups is 1. The van der Waals surface area contributed by atoms with E-state index in [0.717, 1.165) is 25.9 Å². The highest BCUT2D eigenvalue weighted by Crippen LogP contribution is 2.33. The maximum atomic E-state index is 12.7. The quantitative estimate of drug-likeness (QED) is 0.713. The zero-order valence-corrected chi connectivity index (χ0v) is 14.1. The van der Waals surface area contributed by atoms with Crippen molar-refractivity contribution < 1.29 is 4.79 Å². The van der Waals surface area contributed by atoms with Gasteiger partial charge < -0.3 is 9.88 Å². The number of halogens is 1. The molecule has 0 unspecified atom stereocenters. The van der Waals surface area contributed by atoms with Crippen LogP contribution in [0.25, 0.3) is 10.9 Å². The first-order valence-corrected chi connectivity index (χ1v) is 8.71. The van der Waals surface area contributed by atoms with Crippen LogP contribution < -0.4 is 0 Å². The third-order valence-electron chi connectivity index (χ3n) is 4.95. The Labute approximate surface area is 146 Å². The molecule has 0 aliphatic carbocycles. The lowest BCUT2D eigenvalue weighted by Crippen LogP contribution is -2.38. The van der Waals surface area contributed by atoms with Crippen LogP contribution in [0.3, 0.4) is 0 Å². The Hall–Kier alpha value is -2.26. The third-order valence-corrected chi connectivity index (χ3v) is 5.28. The number of likely N-dealkylation sites (tertiary alicyclic amines) is 1. The van der Waals surface area contributed by atoms with Crippen LogP contribution in [0.5, 0.6) is 0 Å². The van der Waals surface area contributed by atoms with Gasteiger partial charge in [0.1, 0.15) is 0 Å². The van der Waals surface area contributed by atoms with Crippen LogP contribution in [0, 0.1) is 0 Å². The molecule has 3 nitrogen and oxygen atoms in total. The fraction of sp³-hybridized carbons (Fsp3) is 0.250. The van der Waals surface area contributed by atoms with Gasteiger partial charge in [-0.2, -0.15) is 0 Å². The molecular formula is C20H19ClN2O. The summed E-state index contributed by atoms with van der Waals surface area (Å²) >= 11 is 6.16. The smallest absolute Gasteiger partial charge is 0.255 e. The Morgan fingerprint density at radius 2 is 1.75 bits per heavy atom. The zero-order chi connectivity index (χ0) is 16.5. The lowest BCUT2D eigenvalue weighted by Gasteiger charge is -2.32. The van der Waals surface area contributed by atoms with Crippen LogP contribution in [-0.2, 0) is 0 Å². The van der Waals surface area contributed by atoms with E-state index in [-0.39, 0.29) is 5.91 Å². The van der Waals surface area contributed by atoms with Crippen LogP contribution in [-0.4, -0.2) is 28.9 Å². The van der Waals surface area contributed by atoms with Gasteiger partial charge in [-0.15, -0.1) is 0 Å². The first kappa shape index (κ1) is 15.3. The molecular weight excluding hydrogens is 320 g/mol. The van der Waals surface area contributed by atoms with Crippen molar-refractivity contribution in [1.82, 2.24) is 9.88 Å². The highest BCUT2D eigenvalue weighted by atomic mass is 35.5. The second-order valence-electron chi connectivity index (χ2n) is 6.34. The predicted octanol–water partition coefficient (Wildman–Crippen LogP) is 4.84. The normalized spacial score (nSPS) is 15.8. The van der Waals surface area contributed by atoms with E-state index in [1.807, 2.05) is 23.1 Å². The van der Waals surface area contributed by atoms with E-state index in [1.54, 1.807) is 12.1 Å². The van der Waals surface area contributed by atoms with Gasteiger partial charge >= 0.3 is 0 Å². The Kier molecular flexibility index (Phi) is 4.03. The monoisotopic (exact) mass is 338 g/mol. The highest BCUT2D eigenvalue weighted by molar-refractivity contribution is 6.33. The lowest BCUT2D eigenvalue weighted by atomic mass is 9.89. The first-order chi connectivity index (χ1) is 11.7. The number of aromatic amines is 1. The van der Waals surface area contributed by atoms with Gasteiger partial charge in [-0.05, 0) is 42.5 Å². The number of aromatic nitrogens is 1. The molecule has 1 amide bonds. The van der Waals surface area contributed by atoms with Crippen LogP contribution in [0.2, 0.25) is 5.02 Å². The van der Waals surface area contributed by atoms with Gasteiger partial charge in [0, 0.05) is 30.2 Å². The van der Waals surface area contributed by atoms with Gasteiger partial charge in [-0.25, -0.2) is 0 Å². The summed E-state index contributed by atoms with van der Waals surface area (Å²) < 4.78 is 0. The molecule has 2 aromatic carbocycles. The fourth-order valence-electron chi connectivity index (χ4n) is 3.63. The molecule has 4 heteroatoms. The minimum atomic E-state index is 0.0398. The molecule has 1 N–H and O–H groups in total. The summed E-state index contributed by atoms with van der Waals surface area (Å²) in [6.07, 6.45) is 4.09. The maximum Gasteiger partial charge on any atom is 0.255 e.